The normalized spacial score (nSPS) is 29.3. The topological polar surface area (TPSA) is 42.7 Å². The minimum atomic E-state index is -4.40. The van der Waals surface area contributed by atoms with Gasteiger partial charge in [-0.1, -0.05) is 0 Å². The smallest absolute Gasteiger partial charge is 0.304 e. The monoisotopic (exact) mass is 218 g/mol. The van der Waals surface area contributed by atoms with Crippen LogP contribution in [0.5, 0.6) is 0 Å². The van der Waals surface area contributed by atoms with E-state index >= 15 is 0 Å². The molecule has 2 atom stereocenters. The highest BCUT2D eigenvalue weighted by Crippen LogP contribution is 2.35. The van der Waals surface area contributed by atoms with Crippen LogP contribution in [0.15, 0.2) is 0 Å². The zero-order valence-electron chi connectivity index (χ0n) is 7.75. The third-order valence-corrected chi connectivity index (χ3v) is 2.99. The van der Waals surface area contributed by atoms with Gasteiger partial charge in [0.15, 0.2) is 5.82 Å². The summed E-state index contributed by atoms with van der Waals surface area (Å²) >= 11 is 0. The van der Waals surface area contributed by atoms with Crippen LogP contribution in [-0.4, -0.2) is 20.8 Å². The molecule has 4 nitrogen and oxygen atoms in total. The lowest BCUT2D eigenvalue weighted by Crippen LogP contribution is -2.37. The molecule has 1 N–H and O–H groups in total. The fraction of sp³-hybridized carbons (Fsp3) is 0.750. The number of aromatic nitrogens is 3. The first-order valence-electron chi connectivity index (χ1n) is 4.82. The molecular weight excluding hydrogens is 209 g/mol. The van der Waals surface area contributed by atoms with Gasteiger partial charge in [-0.15, -0.1) is 10.2 Å². The first-order chi connectivity index (χ1) is 7.05. The number of nitrogens with zero attached hydrogens (tertiary/aromatic N) is 3. The van der Waals surface area contributed by atoms with Crippen molar-refractivity contribution in [3.05, 3.63) is 11.6 Å². The predicted octanol–water partition coefficient (Wildman–Crippen LogP) is 1.10. The van der Waals surface area contributed by atoms with Crippen LogP contribution >= 0.6 is 0 Å². The lowest BCUT2D eigenvalue weighted by atomic mass is 10.2. The van der Waals surface area contributed by atoms with Gasteiger partial charge in [0.25, 0.3) is 0 Å². The molecule has 1 aromatic rings. The number of hydrogen-bond donors (Lipinski definition) is 1. The van der Waals surface area contributed by atoms with Gasteiger partial charge in [-0.25, -0.2) is 0 Å². The number of alkyl halides is 3. The van der Waals surface area contributed by atoms with Gasteiger partial charge in [0.05, 0.1) is 6.04 Å². The molecule has 1 fully saturated rings. The lowest BCUT2D eigenvalue weighted by molar-refractivity contribution is -0.147. The second-order valence-corrected chi connectivity index (χ2v) is 3.98. The van der Waals surface area contributed by atoms with Crippen molar-refractivity contribution in [3.8, 4) is 0 Å². The van der Waals surface area contributed by atoms with Crippen molar-refractivity contribution < 1.29 is 13.2 Å². The van der Waals surface area contributed by atoms with E-state index in [0.717, 1.165) is 12.8 Å². The molecule has 1 saturated heterocycles. The van der Waals surface area contributed by atoms with E-state index in [4.69, 9.17) is 0 Å². The first-order valence-corrected chi connectivity index (χ1v) is 4.82. The van der Waals surface area contributed by atoms with E-state index in [-0.39, 0.29) is 12.1 Å². The number of fused-ring (bicyclic) bond motifs is 4. The molecule has 0 aliphatic carbocycles. The van der Waals surface area contributed by atoms with Gasteiger partial charge in [-0.3, -0.25) is 0 Å². The Hall–Kier alpha value is -1.11. The molecule has 3 heterocycles. The van der Waals surface area contributed by atoms with E-state index in [0.29, 0.717) is 12.4 Å². The van der Waals surface area contributed by atoms with Crippen LogP contribution < -0.4 is 5.32 Å². The number of halogens is 3. The molecule has 3 rings (SSSR count). The molecule has 2 aliphatic rings. The van der Waals surface area contributed by atoms with Gasteiger partial charge in [-0.2, -0.15) is 13.2 Å². The van der Waals surface area contributed by atoms with E-state index in [1.165, 1.54) is 4.57 Å². The summed E-state index contributed by atoms with van der Waals surface area (Å²) in [4.78, 5) is 0. The van der Waals surface area contributed by atoms with Gasteiger partial charge >= 0.3 is 6.18 Å². The van der Waals surface area contributed by atoms with Crippen LogP contribution in [0.4, 0.5) is 13.2 Å². The van der Waals surface area contributed by atoms with E-state index < -0.39 is 12.0 Å². The van der Waals surface area contributed by atoms with Crippen LogP contribution in [0.1, 0.15) is 30.5 Å². The average molecular weight is 218 g/mol. The van der Waals surface area contributed by atoms with Crippen LogP contribution in [0.25, 0.3) is 0 Å². The molecule has 0 saturated carbocycles. The van der Waals surface area contributed by atoms with Gasteiger partial charge < -0.3 is 9.88 Å². The summed E-state index contributed by atoms with van der Waals surface area (Å²) < 4.78 is 38.8. The number of nitrogens with one attached hydrogen (secondary N) is 1. The van der Waals surface area contributed by atoms with Crippen molar-refractivity contribution in [1.29, 1.82) is 0 Å². The summed E-state index contributed by atoms with van der Waals surface area (Å²) in [6, 6.07) is 0.0898. The maximum Gasteiger partial charge on any atom is 0.451 e. The third-order valence-electron chi connectivity index (χ3n) is 2.99. The SMILES string of the molecule is FC(F)(F)c1nnc2n1C[C@H]1CC[C@@H]2N1. The van der Waals surface area contributed by atoms with Crippen LogP contribution in [0.3, 0.4) is 0 Å². The van der Waals surface area contributed by atoms with E-state index in [2.05, 4.69) is 15.5 Å². The van der Waals surface area contributed by atoms with Crippen molar-refractivity contribution in [2.45, 2.75) is 37.6 Å². The molecule has 0 radical (unpaired) electrons. The Kier molecular flexibility index (Phi) is 1.66. The molecule has 7 heteroatoms. The molecule has 0 spiro atoms. The zero-order valence-corrected chi connectivity index (χ0v) is 7.75. The highest BCUT2D eigenvalue weighted by atomic mass is 19.4. The summed E-state index contributed by atoms with van der Waals surface area (Å²) in [6.45, 7) is 0.327. The zero-order chi connectivity index (χ0) is 10.6. The van der Waals surface area contributed by atoms with Crippen molar-refractivity contribution >= 4 is 0 Å². The summed E-state index contributed by atoms with van der Waals surface area (Å²) in [5.41, 5.74) is 0. The highest BCUT2D eigenvalue weighted by molar-refractivity contribution is 5.11. The molecule has 15 heavy (non-hydrogen) atoms. The maximum atomic E-state index is 12.5. The fourth-order valence-electron chi connectivity index (χ4n) is 2.35. The van der Waals surface area contributed by atoms with Gasteiger partial charge in [0.1, 0.15) is 0 Å². The Labute approximate surface area is 83.5 Å². The second-order valence-electron chi connectivity index (χ2n) is 3.98. The molecule has 2 aliphatic heterocycles. The van der Waals surface area contributed by atoms with Crippen molar-refractivity contribution in [2.24, 2.45) is 0 Å². The molecule has 82 valence electrons. The Morgan fingerprint density at radius 3 is 2.80 bits per heavy atom. The van der Waals surface area contributed by atoms with Crippen LogP contribution in [0.2, 0.25) is 0 Å². The third kappa shape index (κ3) is 1.26. The lowest BCUT2D eigenvalue weighted by Gasteiger charge is -2.23. The van der Waals surface area contributed by atoms with Gasteiger partial charge in [0.2, 0.25) is 5.82 Å². The summed E-state index contributed by atoms with van der Waals surface area (Å²) in [5.74, 6) is -0.438. The molecule has 1 aromatic heterocycles. The Morgan fingerprint density at radius 2 is 2.07 bits per heavy atom. The first kappa shape index (κ1) is 9.14. The fourth-order valence-corrected chi connectivity index (χ4v) is 2.35. The largest absolute Gasteiger partial charge is 0.451 e. The van der Waals surface area contributed by atoms with E-state index in [9.17, 15) is 13.2 Å². The molecular formula is C8H9F3N4. The van der Waals surface area contributed by atoms with Crippen molar-refractivity contribution in [3.63, 3.8) is 0 Å². The van der Waals surface area contributed by atoms with Gasteiger partial charge in [-0.05, 0) is 12.8 Å². The highest BCUT2D eigenvalue weighted by Gasteiger charge is 2.43. The number of hydrogen-bond acceptors (Lipinski definition) is 3. The van der Waals surface area contributed by atoms with Crippen LogP contribution in [0, 0.1) is 0 Å². The predicted molar refractivity (Wildman–Crippen MR) is 43.9 cm³/mol. The summed E-state index contributed by atoms with van der Waals surface area (Å²) in [7, 11) is 0. The second kappa shape index (κ2) is 2.72. The minimum Gasteiger partial charge on any atom is -0.304 e. The number of rotatable bonds is 0. The Morgan fingerprint density at radius 1 is 1.27 bits per heavy atom. The van der Waals surface area contributed by atoms with Crippen LogP contribution in [-0.2, 0) is 12.7 Å². The molecule has 2 bridgehead atoms. The molecule has 0 amide bonds. The maximum absolute atomic E-state index is 12.5. The molecule has 0 unspecified atom stereocenters. The average Bonchev–Trinajstić information content (AvgIpc) is 2.70. The standard InChI is InChI=1S/C8H9F3N4/c9-8(10,11)7-14-13-6-5-2-1-4(12-5)3-15(6)7/h4-5,12H,1-3H2/t4-,5+/m1/s1. The Balaban J connectivity index is 2.08. The van der Waals surface area contributed by atoms with E-state index in [1.54, 1.807) is 0 Å². The van der Waals surface area contributed by atoms with E-state index in [1.807, 2.05) is 0 Å². The van der Waals surface area contributed by atoms with Gasteiger partial charge in [0, 0.05) is 12.6 Å². The summed E-state index contributed by atoms with van der Waals surface area (Å²) in [6.07, 6.45) is -2.64. The van der Waals surface area contributed by atoms with Crippen molar-refractivity contribution in [2.75, 3.05) is 0 Å². The van der Waals surface area contributed by atoms with Crippen molar-refractivity contribution in [1.82, 2.24) is 20.1 Å². The minimum absolute atomic E-state index is 0.0488. The summed E-state index contributed by atoms with van der Waals surface area (Å²) in [5, 5.41) is 10.1. The quantitative estimate of drug-likeness (QED) is 0.709. The Bertz CT molecular complexity index is 397. The molecule has 0 aromatic carbocycles.